The second-order valence-corrected chi connectivity index (χ2v) is 8.47. The summed E-state index contributed by atoms with van der Waals surface area (Å²) in [7, 11) is 0. The lowest BCUT2D eigenvalue weighted by Crippen LogP contribution is -2.31. The molecule has 0 fully saturated rings. The molecule has 1 aliphatic carbocycles. The Morgan fingerprint density at radius 1 is 1.17 bits per heavy atom. The van der Waals surface area contributed by atoms with Crippen LogP contribution in [0.5, 0.6) is 0 Å². The summed E-state index contributed by atoms with van der Waals surface area (Å²) in [4.78, 5) is 15.3. The van der Waals surface area contributed by atoms with E-state index in [1.807, 2.05) is 56.3 Å². The van der Waals surface area contributed by atoms with Gasteiger partial charge in [-0.3, -0.25) is 4.79 Å². The molecule has 1 aromatic heterocycles. The first kappa shape index (κ1) is 19.2. The highest BCUT2D eigenvalue weighted by Crippen LogP contribution is 2.39. The molecule has 0 radical (unpaired) electrons. The van der Waals surface area contributed by atoms with Crippen molar-refractivity contribution in [2.45, 2.75) is 40.5 Å². The van der Waals surface area contributed by atoms with Crippen LogP contribution in [-0.4, -0.2) is 23.4 Å². The Morgan fingerprint density at radius 2 is 1.90 bits per heavy atom. The van der Waals surface area contributed by atoms with Crippen LogP contribution in [0.2, 0.25) is 0 Å². The largest absolute Gasteiger partial charge is 0.455 e. The zero-order valence-electron chi connectivity index (χ0n) is 17.3. The summed E-state index contributed by atoms with van der Waals surface area (Å²) in [5, 5.41) is 15.2. The van der Waals surface area contributed by atoms with Crippen LogP contribution in [0.15, 0.2) is 52.0 Å². The van der Waals surface area contributed by atoms with Crippen molar-refractivity contribution >= 4 is 28.1 Å². The van der Waals surface area contributed by atoms with Crippen molar-refractivity contribution < 1.29 is 14.4 Å². The summed E-state index contributed by atoms with van der Waals surface area (Å²) in [6.07, 6.45) is 1.35. The van der Waals surface area contributed by atoms with Crippen LogP contribution in [0, 0.1) is 12.3 Å². The van der Waals surface area contributed by atoms with Crippen LogP contribution in [0.3, 0.4) is 0 Å². The van der Waals surface area contributed by atoms with Crippen molar-refractivity contribution in [1.82, 2.24) is 0 Å². The second-order valence-electron chi connectivity index (χ2n) is 8.47. The molecule has 5 nitrogen and oxygen atoms in total. The van der Waals surface area contributed by atoms with Crippen LogP contribution in [0.1, 0.15) is 54.6 Å². The molecule has 2 aromatic carbocycles. The highest BCUT2D eigenvalue weighted by atomic mass is 16.4. The van der Waals surface area contributed by atoms with Crippen molar-refractivity contribution in [3.63, 3.8) is 0 Å². The molecular weight excluding hydrogens is 364 g/mol. The van der Waals surface area contributed by atoms with Gasteiger partial charge in [-0.25, -0.2) is 0 Å². The maximum absolute atomic E-state index is 13.5. The minimum atomic E-state index is -0.175. The lowest BCUT2D eigenvalue weighted by atomic mass is 9.75. The van der Waals surface area contributed by atoms with Gasteiger partial charge < -0.3 is 14.5 Å². The van der Waals surface area contributed by atoms with Gasteiger partial charge in [0.2, 0.25) is 0 Å². The third-order valence-electron chi connectivity index (χ3n) is 5.73. The Labute approximate surface area is 170 Å². The number of amides is 1. The van der Waals surface area contributed by atoms with Gasteiger partial charge in [0.05, 0.1) is 11.4 Å². The van der Waals surface area contributed by atoms with Gasteiger partial charge >= 0.3 is 0 Å². The zero-order valence-corrected chi connectivity index (χ0v) is 17.3. The van der Waals surface area contributed by atoms with Crippen LogP contribution >= 0.6 is 0 Å². The van der Waals surface area contributed by atoms with Crippen LogP contribution < -0.4 is 4.90 Å². The van der Waals surface area contributed by atoms with Crippen molar-refractivity contribution in [2.75, 3.05) is 11.4 Å². The van der Waals surface area contributed by atoms with Gasteiger partial charge in [-0.15, -0.1) is 0 Å². The minimum Gasteiger partial charge on any atom is -0.455 e. The Hall–Kier alpha value is -3.08. The summed E-state index contributed by atoms with van der Waals surface area (Å²) in [6, 6.07) is 14.0. The maximum atomic E-state index is 13.5. The Bertz CT molecular complexity index is 1120. The Kier molecular flexibility index (Phi) is 4.69. The number of furan rings is 1. The monoisotopic (exact) mass is 390 g/mol. The number of fused-ring (bicyclic) bond motifs is 2. The van der Waals surface area contributed by atoms with Crippen LogP contribution in [-0.2, 0) is 6.42 Å². The lowest BCUT2D eigenvalue weighted by molar-refractivity contribution is 0.0958. The quantitative estimate of drug-likeness (QED) is 0.470. The molecule has 0 aliphatic heterocycles. The molecular formula is C24H26N2O3. The molecule has 0 saturated carbocycles. The lowest BCUT2D eigenvalue weighted by Gasteiger charge is -2.28. The molecule has 0 atom stereocenters. The van der Waals surface area contributed by atoms with E-state index in [1.165, 1.54) is 0 Å². The molecule has 0 unspecified atom stereocenters. The average molecular weight is 390 g/mol. The first-order chi connectivity index (χ1) is 13.9. The fraction of sp³-hybridized carbons (Fsp3) is 0.333. The highest BCUT2D eigenvalue weighted by molar-refractivity contribution is 6.12. The number of nitrogens with zero attached hydrogens (tertiary/aromatic N) is 2. The molecule has 29 heavy (non-hydrogen) atoms. The van der Waals surface area contributed by atoms with Gasteiger partial charge in [0.15, 0.2) is 5.76 Å². The Balaban J connectivity index is 1.81. The van der Waals surface area contributed by atoms with Crippen molar-refractivity contribution in [3.05, 3.63) is 65.1 Å². The summed E-state index contributed by atoms with van der Waals surface area (Å²) < 4.78 is 6.10. The highest BCUT2D eigenvalue weighted by Gasteiger charge is 2.37. The number of hydrogen-bond donors (Lipinski definition) is 1. The molecule has 5 heteroatoms. The van der Waals surface area contributed by atoms with Gasteiger partial charge in [-0.1, -0.05) is 55.4 Å². The number of oxime groups is 1. The van der Waals surface area contributed by atoms with E-state index in [1.54, 1.807) is 4.90 Å². The number of rotatable bonds is 3. The molecule has 150 valence electrons. The number of carbonyl (C=O) groups excluding carboxylic acids is 1. The van der Waals surface area contributed by atoms with E-state index in [0.717, 1.165) is 33.3 Å². The number of hydrogen-bond acceptors (Lipinski definition) is 4. The zero-order chi connectivity index (χ0) is 20.8. The number of carbonyl (C=O) groups is 1. The third kappa shape index (κ3) is 3.20. The van der Waals surface area contributed by atoms with E-state index in [2.05, 4.69) is 19.0 Å². The van der Waals surface area contributed by atoms with E-state index in [0.29, 0.717) is 30.9 Å². The van der Waals surface area contributed by atoms with E-state index >= 15 is 0 Å². The molecule has 3 aromatic rings. The van der Waals surface area contributed by atoms with E-state index in [4.69, 9.17) is 4.42 Å². The molecule has 0 bridgehead atoms. The molecule has 1 N–H and O–H groups in total. The first-order valence-corrected chi connectivity index (χ1v) is 9.99. The second kappa shape index (κ2) is 7.07. The van der Waals surface area contributed by atoms with Crippen molar-refractivity contribution in [1.29, 1.82) is 0 Å². The summed E-state index contributed by atoms with van der Waals surface area (Å²) in [6.45, 7) is 8.56. The molecule has 1 heterocycles. The van der Waals surface area contributed by atoms with E-state index in [-0.39, 0.29) is 11.3 Å². The van der Waals surface area contributed by atoms with E-state index in [9.17, 15) is 10.0 Å². The van der Waals surface area contributed by atoms with E-state index < -0.39 is 0 Å². The summed E-state index contributed by atoms with van der Waals surface area (Å²) in [5.74, 6) is 0.873. The fourth-order valence-electron chi connectivity index (χ4n) is 4.39. The number of benzene rings is 2. The van der Waals surface area contributed by atoms with Gasteiger partial charge in [0.25, 0.3) is 5.91 Å². The molecule has 1 amide bonds. The van der Waals surface area contributed by atoms with Crippen molar-refractivity contribution in [3.8, 4) is 0 Å². The summed E-state index contributed by atoms with van der Waals surface area (Å²) >= 11 is 0. The van der Waals surface area contributed by atoms with Crippen molar-refractivity contribution in [2.24, 2.45) is 10.6 Å². The average Bonchev–Trinajstić information content (AvgIpc) is 3.03. The normalized spacial score (nSPS) is 16.8. The van der Waals surface area contributed by atoms with Gasteiger partial charge in [0, 0.05) is 29.5 Å². The topological polar surface area (TPSA) is 66.0 Å². The van der Waals surface area contributed by atoms with Gasteiger partial charge in [-0.2, -0.15) is 0 Å². The smallest absolute Gasteiger partial charge is 0.294 e. The van der Waals surface area contributed by atoms with Crippen LogP contribution in [0.4, 0.5) is 5.69 Å². The molecule has 4 rings (SSSR count). The predicted molar refractivity (Wildman–Crippen MR) is 115 cm³/mol. The molecule has 1 aliphatic rings. The predicted octanol–water partition coefficient (Wildman–Crippen LogP) is 5.56. The molecule has 0 spiro atoms. The maximum Gasteiger partial charge on any atom is 0.294 e. The SMILES string of the molecule is CCN(C(=O)c1oc2c(c1C)/C(=N\O)CC(C)(C)C2)c1cccc2ccccc12. The third-order valence-corrected chi connectivity index (χ3v) is 5.73. The Morgan fingerprint density at radius 3 is 2.62 bits per heavy atom. The summed E-state index contributed by atoms with van der Waals surface area (Å²) in [5.41, 5.74) is 2.89. The molecule has 0 saturated heterocycles. The van der Waals surface area contributed by atoms with Crippen LogP contribution in [0.25, 0.3) is 10.8 Å². The fourth-order valence-corrected chi connectivity index (χ4v) is 4.39. The van der Waals surface area contributed by atoms with Gasteiger partial charge in [-0.05, 0) is 37.1 Å². The van der Waals surface area contributed by atoms with Gasteiger partial charge in [0.1, 0.15) is 5.76 Å². The first-order valence-electron chi connectivity index (χ1n) is 9.99. The minimum absolute atomic E-state index is 0.0841. The standard InChI is InChI=1S/C24H26N2O3/c1-5-26(19-12-8-10-16-9-6-7-11-17(16)19)23(27)22-15(2)21-18(25-28)13-24(3,4)14-20(21)29-22/h6-12,28H,5,13-14H2,1-4H3/b25-18-. The number of anilines is 1.